The third kappa shape index (κ3) is 5.54. The molecule has 4 rings (SSSR count). The molecule has 1 saturated heterocycles. The molecule has 12 heteroatoms. The average molecular weight is 531 g/mol. The molecule has 0 spiro atoms. The summed E-state index contributed by atoms with van der Waals surface area (Å²) in [5.74, 6) is -0.569. The van der Waals surface area contributed by atoms with E-state index < -0.39 is 27.9 Å². The quantitative estimate of drug-likeness (QED) is 0.579. The van der Waals surface area contributed by atoms with Crippen LogP contribution in [0.1, 0.15) is 41.9 Å². The summed E-state index contributed by atoms with van der Waals surface area (Å²) < 4.78 is 69.3. The Labute approximate surface area is 206 Å². The zero-order valence-electron chi connectivity index (χ0n) is 17.9. The molecule has 1 fully saturated rings. The van der Waals surface area contributed by atoms with Gasteiger partial charge in [-0.25, -0.2) is 9.73 Å². The van der Waals surface area contributed by atoms with Crippen LogP contribution >= 0.6 is 23.8 Å². The SMILES string of the molecule is O=S(=O)(NC(=S)N1CC(c2cccc(C(F)(F)F)c2)C(c2ccc(Cl)cc2)=N1)N1CCCCC1. The maximum atomic E-state index is 13.3. The van der Waals surface area contributed by atoms with Crippen molar-refractivity contribution in [1.29, 1.82) is 0 Å². The predicted molar refractivity (Wildman–Crippen MR) is 129 cm³/mol. The van der Waals surface area contributed by atoms with Gasteiger partial charge in [0.05, 0.1) is 17.8 Å². The molecule has 0 radical (unpaired) electrons. The Morgan fingerprint density at radius 3 is 2.41 bits per heavy atom. The highest BCUT2D eigenvalue weighted by molar-refractivity contribution is 7.89. The monoisotopic (exact) mass is 530 g/mol. The highest BCUT2D eigenvalue weighted by Crippen LogP contribution is 2.34. The molecule has 1 N–H and O–H groups in total. The number of benzene rings is 2. The summed E-state index contributed by atoms with van der Waals surface area (Å²) in [6, 6.07) is 11.8. The van der Waals surface area contributed by atoms with Crippen molar-refractivity contribution in [3.05, 3.63) is 70.2 Å². The van der Waals surface area contributed by atoms with Crippen molar-refractivity contribution in [3.8, 4) is 0 Å². The highest BCUT2D eigenvalue weighted by atomic mass is 35.5. The lowest BCUT2D eigenvalue weighted by Gasteiger charge is -2.27. The number of nitrogens with zero attached hydrogens (tertiary/aromatic N) is 3. The maximum Gasteiger partial charge on any atom is 0.416 e. The molecule has 0 bridgehead atoms. The molecule has 182 valence electrons. The Morgan fingerprint density at radius 1 is 1.09 bits per heavy atom. The maximum absolute atomic E-state index is 13.3. The van der Waals surface area contributed by atoms with Gasteiger partial charge in [-0.2, -0.15) is 31.0 Å². The Bertz CT molecular complexity index is 1200. The molecule has 0 aromatic heterocycles. The van der Waals surface area contributed by atoms with E-state index in [-0.39, 0.29) is 11.7 Å². The summed E-state index contributed by atoms with van der Waals surface area (Å²) in [5, 5.41) is 6.18. The number of halogens is 4. The topological polar surface area (TPSA) is 65.0 Å². The number of hydrogen-bond acceptors (Lipinski definition) is 4. The first kappa shape index (κ1) is 24.9. The minimum absolute atomic E-state index is 0.0840. The summed E-state index contributed by atoms with van der Waals surface area (Å²) in [7, 11) is -3.85. The van der Waals surface area contributed by atoms with Gasteiger partial charge in [0.2, 0.25) is 5.11 Å². The third-order valence-electron chi connectivity index (χ3n) is 5.78. The number of nitrogens with one attached hydrogen (secondary N) is 1. The van der Waals surface area contributed by atoms with Crippen LogP contribution < -0.4 is 4.72 Å². The van der Waals surface area contributed by atoms with Crippen LogP contribution in [0, 0.1) is 0 Å². The van der Waals surface area contributed by atoms with E-state index >= 15 is 0 Å². The van der Waals surface area contributed by atoms with Crippen LogP contribution in [0.4, 0.5) is 13.2 Å². The van der Waals surface area contributed by atoms with Crippen molar-refractivity contribution in [2.45, 2.75) is 31.4 Å². The zero-order chi connectivity index (χ0) is 24.5. The molecule has 2 aliphatic rings. The Hall–Kier alpha value is -2.21. The van der Waals surface area contributed by atoms with Crippen LogP contribution in [0.3, 0.4) is 0 Å². The first-order valence-electron chi connectivity index (χ1n) is 10.7. The fourth-order valence-electron chi connectivity index (χ4n) is 4.04. The number of alkyl halides is 3. The van der Waals surface area contributed by atoms with E-state index in [1.807, 2.05) is 0 Å². The van der Waals surface area contributed by atoms with E-state index in [2.05, 4.69) is 9.82 Å². The van der Waals surface area contributed by atoms with E-state index in [0.29, 0.717) is 35.0 Å². The summed E-state index contributed by atoms with van der Waals surface area (Å²) in [6.07, 6.45) is -1.98. The van der Waals surface area contributed by atoms with Crippen molar-refractivity contribution >= 4 is 44.9 Å². The molecule has 0 amide bonds. The molecule has 1 atom stereocenters. The van der Waals surface area contributed by atoms with Gasteiger partial charge in [-0.3, -0.25) is 0 Å². The lowest BCUT2D eigenvalue weighted by molar-refractivity contribution is -0.137. The fraction of sp³-hybridized carbons (Fsp3) is 0.364. The lowest BCUT2D eigenvalue weighted by atomic mass is 9.89. The minimum atomic E-state index is -4.49. The van der Waals surface area contributed by atoms with Gasteiger partial charge in [-0.1, -0.05) is 48.4 Å². The van der Waals surface area contributed by atoms with Crippen molar-refractivity contribution in [3.63, 3.8) is 0 Å². The molecular formula is C22H22ClF3N4O2S2. The van der Waals surface area contributed by atoms with Crippen molar-refractivity contribution in [2.75, 3.05) is 19.6 Å². The molecule has 0 aliphatic carbocycles. The summed E-state index contributed by atoms with van der Waals surface area (Å²) >= 11 is 11.3. The van der Waals surface area contributed by atoms with Gasteiger partial charge in [0.15, 0.2) is 0 Å². The van der Waals surface area contributed by atoms with E-state index in [0.717, 1.165) is 31.4 Å². The smallest absolute Gasteiger partial charge is 0.245 e. The number of rotatable bonds is 4. The van der Waals surface area contributed by atoms with Crippen LogP contribution in [-0.2, 0) is 16.4 Å². The molecule has 2 aromatic rings. The molecular weight excluding hydrogens is 509 g/mol. The zero-order valence-corrected chi connectivity index (χ0v) is 20.3. The fourth-order valence-corrected chi connectivity index (χ4v) is 5.79. The second kappa shape index (κ2) is 9.80. The van der Waals surface area contributed by atoms with Gasteiger partial charge in [0, 0.05) is 24.0 Å². The summed E-state index contributed by atoms with van der Waals surface area (Å²) in [4.78, 5) is 0. The molecule has 2 aromatic carbocycles. The van der Waals surface area contributed by atoms with Gasteiger partial charge in [-0.15, -0.1) is 0 Å². The van der Waals surface area contributed by atoms with Gasteiger partial charge in [-0.05, 0) is 54.4 Å². The van der Waals surface area contributed by atoms with Gasteiger partial charge in [0.1, 0.15) is 0 Å². The molecule has 34 heavy (non-hydrogen) atoms. The highest BCUT2D eigenvalue weighted by Gasteiger charge is 2.36. The minimum Gasteiger partial charge on any atom is -0.245 e. The first-order valence-corrected chi connectivity index (χ1v) is 12.9. The molecule has 6 nitrogen and oxygen atoms in total. The van der Waals surface area contributed by atoms with Gasteiger partial charge < -0.3 is 0 Å². The lowest BCUT2D eigenvalue weighted by Crippen LogP contribution is -2.48. The number of hydrazone groups is 1. The average Bonchev–Trinajstić information content (AvgIpc) is 3.25. The van der Waals surface area contributed by atoms with E-state index in [1.54, 1.807) is 30.3 Å². The third-order valence-corrected chi connectivity index (χ3v) is 7.97. The van der Waals surface area contributed by atoms with E-state index in [1.165, 1.54) is 15.4 Å². The largest absolute Gasteiger partial charge is 0.416 e. The van der Waals surface area contributed by atoms with Gasteiger partial charge >= 0.3 is 16.4 Å². The number of hydrogen-bond donors (Lipinski definition) is 1. The predicted octanol–water partition coefficient (Wildman–Crippen LogP) is 4.77. The second-order valence-corrected chi connectivity index (χ2v) is 10.6. The van der Waals surface area contributed by atoms with Crippen LogP contribution in [0.2, 0.25) is 5.02 Å². The van der Waals surface area contributed by atoms with Crippen LogP contribution in [0.5, 0.6) is 0 Å². The number of thiocarbonyl (C=S) groups is 1. The van der Waals surface area contributed by atoms with Gasteiger partial charge in [0.25, 0.3) is 0 Å². The summed E-state index contributed by atoms with van der Waals surface area (Å²) in [5.41, 5.74) is 0.742. The van der Waals surface area contributed by atoms with Crippen molar-refractivity contribution < 1.29 is 21.6 Å². The Balaban J connectivity index is 1.64. The van der Waals surface area contributed by atoms with Crippen LogP contribution in [0.15, 0.2) is 53.6 Å². The van der Waals surface area contributed by atoms with Crippen molar-refractivity contribution in [1.82, 2.24) is 14.0 Å². The summed E-state index contributed by atoms with van der Waals surface area (Å²) in [6.45, 7) is 0.898. The first-order chi connectivity index (χ1) is 16.0. The molecule has 1 unspecified atom stereocenters. The standard InChI is InChI=1S/C22H22ClF3N4O2S2/c23-18-9-7-15(8-10-18)20-19(16-5-4-6-17(13-16)22(24,25)26)14-30(27-20)21(33)28-34(31,32)29-11-2-1-3-12-29/h4-10,13,19H,1-3,11-12,14H2,(H,28,33). The molecule has 0 saturated carbocycles. The molecule has 2 aliphatic heterocycles. The number of piperidine rings is 1. The van der Waals surface area contributed by atoms with Crippen LogP contribution in [-0.4, -0.2) is 48.2 Å². The second-order valence-electron chi connectivity index (χ2n) is 8.12. The normalized spacial score (nSPS) is 19.7. The Kier molecular flexibility index (Phi) is 7.18. The van der Waals surface area contributed by atoms with Crippen molar-refractivity contribution in [2.24, 2.45) is 5.10 Å². The molecule has 2 heterocycles. The Morgan fingerprint density at radius 2 is 1.76 bits per heavy atom. The van der Waals surface area contributed by atoms with E-state index in [9.17, 15) is 21.6 Å². The van der Waals surface area contributed by atoms with Crippen LogP contribution in [0.25, 0.3) is 0 Å². The van der Waals surface area contributed by atoms with E-state index in [4.69, 9.17) is 23.8 Å².